The van der Waals surface area contributed by atoms with Gasteiger partial charge in [0.2, 0.25) is 0 Å². The summed E-state index contributed by atoms with van der Waals surface area (Å²) in [5, 5.41) is 7.98. The maximum atomic E-state index is 4.93. The Morgan fingerprint density at radius 3 is 3.08 bits per heavy atom. The first kappa shape index (κ1) is 9.19. The molecule has 0 bridgehead atoms. The predicted molar refractivity (Wildman–Crippen MR) is 45.9 cm³/mol. The van der Waals surface area contributed by atoms with Crippen LogP contribution in [-0.4, -0.2) is 28.7 Å². The Hall–Kier alpha value is -0.900. The highest BCUT2D eigenvalue weighted by Crippen LogP contribution is 1.96. The lowest BCUT2D eigenvalue weighted by molar-refractivity contribution is 0.183. The third-order valence-corrected chi connectivity index (χ3v) is 1.62. The van der Waals surface area contributed by atoms with Crippen LogP contribution in [0.5, 0.6) is 0 Å². The fraction of sp³-hybridized carbons (Fsp3) is 0.750. The summed E-state index contributed by atoms with van der Waals surface area (Å²) in [6, 6.07) is 0. The largest absolute Gasteiger partial charge is 0.383 e. The van der Waals surface area contributed by atoms with E-state index in [1.165, 1.54) is 0 Å². The molecule has 0 spiro atoms. The Kier molecular flexibility index (Phi) is 3.73. The van der Waals surface area contributed by atoms with Crippen LogP contribution < -0.4 is 0 Å². The van der Waals surface area contributed by atoms with Gasteiger partial charge >= 0.3 is 0 Å². The van der Waals surface area contributed by atoms with Crippen molar-refractivity contribution in [2.75, 3.05) is 13.7 Å². The smallest absolute Gasteiger partial charge is 0.0827 e. The van der Waals surface area contributed by atoms with Crippen LogP contribution in [0.15, 0.2) is 6.20 Å². The summed E-state index contributed by atoms with van der Waals surface area (Å²) in [5.74, 6) is 0. The number of ether oxygens (including phenoxy) is 1. The van der Waals surface area contributed by atoms with E-state index in [0.29, 0.717) is 6.61 Å². The molecule has 0 aliphatic carbocycles. The van der Waals surface area contributed by atoms with E-state index in [1.807, 2.05) is 10.9 Å². The molecular formula is C8H15N3O. The molecule has 0 aromatic carbocycles. The number of hydrogen-bond donors (Lipinski definition) is 0. The number of methoxy groups -OCH3 is 1. The summed E-state index contributed by atoms with van der Waals surface area (Å²) < 4.78 is 6.74. The van der Waals surface area contributed by atoms with Gasteiger partial charge in [0, 0.05) is 13.3 Å². The second-order valence-corrected chi connectivity index (χ2v) is 2.72. The molecule has 12 heavy (non-hydrogen) atoms. The Bertz CT molecular complexity index is 222. The van der Waals surface area contributed by atoms with Gasteiger partial charge in [-0.15, -0.1) is 5.10 Å². The van der Waals surface area contributed by atoms with Crippen LogP contribution in [0.25, 0.3) is 0 Å². The Labute approximate surface area is 72.5 Å². The monoisotopic (exact) mass is 169 g/mol. The molecule has 0 fully saturated rings. The van der Waals surface area contributed by atoms with Gasteiger partial charge in [-0.3, -0.25) is 0 Å². The highest BCUT2D eigenvalue weighted by molar-refractivity contribution is 4.91. The van der Waals surface area contributed by atoms with Crippen molar-refractivity contribution in [3.05, 3.63) is 11.9 Å². The molecule has 1 aromatic rings. The molecule has 0 atom stereocenters. The van der Waals surface area contributed by atoms with Crippen LogP contribution in [0.1, 0.15) is 19.0 Å². The van der Waals surface area contributed by atoms with Gasteiger partial charge in [-0.05, 0) is 6.42 Å². The minimum absolute atomic E-state index is 0.689. The summed E-state index contributed by atoms with van der Waals surface area (Å²) in [4.78, 5) is 0. The number of hydrogen-bond acceptors (Lipinski definition) is 3. The first-order valence-electron chi connectivity index (χ1n) is 4.24. The maximum Gasteiger partial charge on any atom is 0.0827 e. The predicted octanol–water partition coefficient (Wildman–Crippen LogP) is 0.877. The van der Waals surface area contributed by atoms with Crippen LogP contribution in [0, 0.1) is 0 Å². The van der Waals surface area contributed by atoms with Crippen molar-refractivity contribution in [1.29, 1.82) is 0 Å². The molecule has 0 radical (unpaired) electrons. The molecule has 1 aromatic heterocycles. The van der Waals surface area contributed by atoms with Crippen molar-refractivity contribution in [2.45, 2.75) is 26.3 Å². The van der Waals surface area contributed by atoms with Crippen LogP contribution in [-0.2, 0) is 17.7 Å². The van der Waals surface area contributed by atoms with E-state index in [4.69, 9.17) is 4.74 Å². The van der Waals surface area contributed by atoms with Gasteiger partial charge in [-0.25, -0.2) is 4.68 Å². The van der Waals surface area contributed by atoms with Crippen LogP contribution in [0.3, 0.4) is 0 Å². The van der Waals surface area contributed by atoms with Crippen molar-refractivity contribution < 1.29 is 4.74 Å². The van der Waals surface area contributed by atoms with Crippen molar-refractivity contribution in [3.63, 3.8) is 0 Å². The molecule has 4 nitrogen and oxygen atoms in total. The van der Waals surface area contributed by atoms with Crippen LogP contribution >= 0.6 is 0 Å². The van der Waals surface area contributed by atoms with Gasteiger partial charge < -0.3 is 4.74 Å². The number of nitrogens with zero attached hydrogens (tertiary/aromatic N) is 3. The molecule has 0 amide bonds. The SMILES string of the molecule is CCCc1cn(CCOC)nn1. The zero-order valence-corrected chi connectivity index (χ0v) is 7.66. The van der Waals surface area contributed by atoms with E-state index in [-0.39, 0.29) is 0 Å². The lowest BCUT2D eigenvalue weighted by atomic mass is 10.3. The zero-order valence-electron chi connectivity index (χ0n) is 7.66. The fourth-order valence-corrected chi connectivity index (χ4v) is 1.00. The lowest BCUT2D eigenvalue weighted by Crippen LogP contribution is -2.04. The summed E-state index contributed by atoms with van der Waals surface area (Å²) in [7, 11) is 1.68. The second kappa shape index (κ2) is 4.87. The fourth-order valence-electron chi connectivity index (χ4n) is 1.00. The number of aromatic nitrogens is 3. The summed E-state index contributed by atoms with van der Waals surface area (Å²) in [5.41, 5.74) is 1.06. The van der Waals surface area contributed by atoms with Crippen molar-refractivity contribution in [1.82, 2.24) is 15.0 Å². The molecular weight excluding hydrogens is 154 g/mol. The second-order valence-electron chi connectivity index (χ2n) is 2.72. The molecule has 0 aliphatic rings. The van der Waals surface area contributed by atoms with E-state index in [0.717, 1.165) is 25.1 Å². The first-order valence-corrected chi connectivity index (χ1v) is 4.24. The molecule has 0 saturated carbocycles. The highest BCUT2D eigenvalue weighted by atomic mass is 16.5. The van der Waals surface area contributed by atoms with Gasteiger partial charge in [0.15, 0.2) is 0 Å². The molecule has 0 unspecified atom stereocenters. The maximum absolute atomic E-state index is 4.93. The number of rotatable bonds is 5. The quantitative estimate of drug-likeness (QED) is 0.656. The van der Waals surface area contributed by atoms with Crippen molar-refractivity contribution >= 4 is 0 Å². The molecule has 0 aliphatic heterocycles. The Balaban J connectivity index is 2.41. The van der Waals surface area contributed by atoms with Crippen LogP contribution in [0.4, 0.5) is 0 Å². The molecule has 4 heteroatoms. The molecule has 0 saturated heterocycles. The Morgan fingerprint density at radius 2 is 2.42 bits per heavy atom. The van der Waals surface area contributed by atoms with Crippen LogP contribution in [0.2, 0.25) is 0 Å². The molecule has 1 rings (SSSR count). The topological polar surface area (TPSA) is 39.9 Å². The minimum Gasteiger partial charge on any atom is -0.383 e. The van der Waals surface area contributed by atoms with E-state index in [1.54, 1.807) is 7.11 Å². The van der Waals surface area contributed by atoms with Gasteiger partial charge in [-0.2, -0.15) is 0 Å². The van der Waals surface area contributed by atoms with Gasteiger partial charge in [0.05, 0.1) is 18.8 Å². The Morgan fingerprint density at radius 1 is 1.58 bits per heavy atom. The number of aryl methyl sites for hydroxylation is 1. The standard InChI is InChI=1S/C8H15N3O/c1-3-4-8-7-11(10-9-8)5-6-12-2/h7H,3-6H2,1-2H3. The summed E-state index contributed by atoms with van der Waals surface area (Å²) in [6.45, 7) is 3.61. The third-order valence-electron chi connectivity index (χ3n) is 1.62. The normalized spacial score (nSPS) is 10.5. The zero-order chi connectivity index (χ0) is 8.81. The highest BCUT2D eigenvalue weighted by Gasteiger charge is 1.97. The first-order chi connectivity index (χ1) is 5.86. The average molecular weight is 169 g/mol. The van der Waals surface area contributed by atoms with E-state index >= 15 is 0 Å². The van der Waals surface area contributed by atoms with Gasteiger partial charge in [0.1, 0.15) is 0 Å². The molecule has 0 N–H and O–H groups in total. The summed E-state index contributed by atoms with van der Waals surface area (Å²) >= 11 is 0. The lowest BCUT2D eigenvalue weighted by Gasteiger charge is -1.96. The van der Waals surface area contributed by atoms with E-state index in [2.05, 4.69) is 17.2 Å². The van der Waals surface area contributed by atoms with E-state index < -0.39 is 0 Å². The van der Waals surface area contributed by atoms with Gasteiger partial charge in [-0.1, -0.05) is 18.6 Å². The molecule has 68 valence electrons. The third kappa shape index (κ3) is 2.62. The van der Waals surface area contributed by atoms with Crippen molar-refractivity contribution in [3.8, 4) is 0 Å². The van der Waals surface area contributed by atoms with E-state index in [9.17, 15) is 0 Å². The minimum atomic E-state index is 0.689. The summed E-state index contributed by atoms with van der Waals surface area (Å²) in [6.07, 6.45) is 4.10. The average Bonchev–Trinajstić information content (AvgIpc) is 2.50. The van der Waals surface area contributed by atoms with Gasteiger partial charge in [0.25, 0.3) is 0 Å². The van der Waals surface area contributed by atoms with Crippen molar-refractivity contribution in [2.24, 2.45) is 0 Å². The molecule has 1 heterocycles.